The lowest BCUT2D eigenvalue weighted by Gasteiger charge is -2.22. The second kappa shape index (κ2) is 14.9. The number of amides is 2. The number of hydrogen-bond donors (Lipinski definition) is 4. The predicted molar refractivity (Wildman–Crippen MR) is 157 cm³/mol. The van der Waals surface area contributed by atoms with Crippen molar-refractivity contribution < 1.29 is 39.6 Å². The molecule has 0 aromatic carbocycles. The van der Waals surface area contributed by atoms with Crippen LogP contribution in [0.15, 0.2) is 108 Å². The Kier molecular flexibility index (Phi) is 11.3. The third-order valence-corrected chi connectivity index (χ3v) is 7.35. The number of nitrogens with zero attached hydrogens (tertiary/aromatic N) is 2. The average molecular weight is 577 g/mol. The maximum atomic E-state index is 12.2. The van der Waals surface area contributed by atoms with Gasteiger partial charge in [-0.3, -0.25) is 19.2 Å². The van der Waals surface area contributed by atoms with Crippen LogP contribution in [0.5, 0.6) is 0 Å². The van der Waals surface area contributed by atoms with Crippen LogP contribution >= 0.6 is 0 Å². The average Bonchev–Trinajstić information content (AvgIpc) is 3.33. The molecule has 0 bridgehead atoms. The molecule has 0 unspecified atom stereocenters. The standard InChI is InChI=1S/C32H36N2O8/c1-33-23(19-35)29(39)27(31(33)41)25(37)17-9-5-3-7-13-21-15-11-12-16-22(21)14-8-4-6-10-18-26(38)28-30(40)24(20-36)34(2)32(28)42/h3-11,13-15,17-18,21-24,35-38H,12,16,19-20H2,1-2H3/b5-3+,6-4+,13-7+,14-8+,17-9+,18-10+,27-25+,28-26-/t21-,22-,23-,24-/m0/s1. The van der Waals surface area contributed by atoms with E-state index >= 15 is 0 Å². The molecule has 0 aromatic rings. The summed E-state index contributed by atoms with van der Waals surface area (Å²) in [4.78, 5) is 51.0. The number of carbonyl (C=O) groups is 4. The largest absolute Gasteiger partial charge is 0.507 e. The molecule has 4 N–H and O–H groups in total. The summed E-state index contributed by atoms with van der Waals surface area (Å²) in [6.45, 7) is -1.02. The summed E-state index contributed by atoms with van der Waals surface area (Å²) in [5, 5.41) is 39.0. The smallest absolute Gasteiger partial charge is 0.261 e. The van der Waals surface area contributed by atoms with E-state index in [2.05, 4.69) is 18.2 Å². The van der Waals surface area contributed by atoms with Gasteiger partial charge in [-0.2, -0.15) is 0 Å². The summed E-state index contributed by atoms with van der Waals surface area (Å²) < 4.78 is 0. The fourth-order valence-corrected chi connectivity index (χ4v) is 4.84. The number of ketones is 2. The zero-order chi connectivity index (χ0) is 30.8. The van der Waals surface area contributed by atoms with Gasteiger partial charge in [0.15, 0.2) is 11.6 Å². The lowest BCUT2D eigenvalue weighted by Crippen LogP contribution is -2.34. The van der Waals surface area contributed by atoms with E-state index in [1.807, 2.05) is 18.2 Å². The van der Waals surface area contributed by atoms with Crippen molar-refractivity contribution in [2.24, 2.45) is 11.8 Å². The number of hydrogen-bond acceptors (Lipinski definition) is 8. The molecule has 3 aliphatic rings. The molecule has 10 nitrogen and oxygen atoms in total. The molecule has 222 valence electrons. The molecule has 1 aliphatic carbocycles. The molecule has 10 heteroatoms. The summed E-state index contributed by atoms with van der Waals surface area (Å²) in [6, 6.07) is -1.95. The highest BCUT2D eigenvalue weighted by Crippen LogP contribution is 2.27. The summed E-state index contributed by atoms with van der Waals surface area (Å²) in [7, 11) is 2.80. The Balaban J connectivity index is 1.56. The number of rotatable bonds is 10. The molecule has 0 saturated carbocycles. The van der Waals surface area contributed by atoms with Crippen molar-refractivity contribution in [2.75, 3.05) is 27.3 Å². The molecule has 0 spiro atoms. The van der Waals surface area contributed by atoms with Gasteiger partial charge >= 0.3 is 0 Å². The van der Waals surface area contributed by atoms with Crippen LogP contribution in [0.25, 0.3) is 0 Å². The van der Waals surface area contributed by atoms with Crippen molar-refractivity contribution in [3.05, 3.63) is 108 Å². The Morgan fingerprint density at radius 3 is 1.64 bits per heavy atom. The molecule has 2 aliphatic heterocycles. The van der Waals surface area contributed by atoms with Gasteiger partial charge in [-0.25, -0.2) is 0 Å². The van der Waals surface area contributed by atoms with Crippen LogP contribution in [0.4, 0.5) is 0 Å². The van der Waals surface area contributed by atoms with E-state index in [1.165, 1.54) is 38.4 Å². The third-order valence-electron chi connectivity index (χ3n) is 7.35. The van der Waals surface area contributed by atoms with E-state index in [1.54, 1.807) is 24.3 Å². The maximum absolute atomic E-state index is 12.2. The molecule has 2 saturated heterocycles. The highest BCUT2D eigenvalue weighted by atomic mass is 16.3. The Labute approximate surface area is 244 Å². The number of likely N-dealkylation sites (tertiary alicyclic amines) is 2. The number of allylic oxidation sites excluding steroid dienone is 14. The molecule has 4 atom stereocenters. The van der Waals surface area contributed by atoms with Crippen molar-refractivity contribution in [3.63, 3.8) is 0 Å². The summed E-state index contributed by atoms with van der Waals surface area (Å²) in [6.07, 6.45) is 26.5. The normalized spacial score (nSPS) is 28.2. The molecule has 2 fully saturated rings. The van der Waals surface area contributed by atoms with Crippen LogP contribution < -0.4 is 0 Å². The molecule has 2 heterocycles. The van der Waals surface area contributed by atoms with Crippen LogP contribution in [0.3, 0.4) is 0 Å². The first kappa shape index (κ1) is 32.0. The first-order chi connectivity index (χ1) is 20.1. The van der Waals surface area contributed by atoms with Gasteiger partial charge in [0.25, 0.3) is 11.8 Å². The fourth-order valence-electron chi connectivity index (χ4n) is 4.84. The van der Waals surface area contributed by atoms with Gasteiger partial charge in [-0.05, 0) is 30.9 Å². The van der Waals surface area contributed by atoms with Gasteiger partial charge < -0.3 is 30.2 Å². The van der Waals surface area contributed by atoms with Gasteiger partial charge in [0.2, 0.25) is 0 Å². The molecule has 0 aromatic heterocycles. The Morgan fingerprint density at radius 2 is 1.19 bits per heavy atom. The SMILES string of the molecule is CN1C(=O)/C(=C(O)/C=C/C=C/C=C/[C@H]2CCC=C[C@@H]2/C=C/C=C/C=C/C(O)=C2/C(=O)[C@H](CO)N(C)C2=O)C(=O)[C@@H]1CO. The molecular formula is C32H36N2O8. The second-order valence-corrected chi connectivity index (χ2v) is 9.98. The lowest BCUT2D eigenvalue weighted by atomic mass is 9.83. The Bertz CT molecular complexity index is 1360. The maximum Gasteiger partial charge on any atom is 0.261 e. The van der Waals surface area contributed by atoms with Gasteiger partial charge in [-0.15, -0.1) is 0 Å². The number of aliphatic hydroxyl groups excluding tert-OH is 4. The highest BCUT2D eigenvalue weighted by molar-refractivity contribution is 6.27. The topological polar surface area (TPSA) is 156 Å². The predicted octanol–water partition coefficient (Wildman–Crippen LogP) is 2.33. The molecule has 2 amide bonds. The Morgan fingerprint density at radius 1 is 0.738 bits per heavy atom. The van der Waals surface area contributed by atoms with E-state index in [4.69, 9.17) is 0 Å². The third kappa shape index (κ3) is 7.20. The van der Waals surface area contributed by atoms with E-state index in [0.717, 1.165) is 22.6 Å². The summed E-state index contributed by atoms with van der Waals surface area (Å²) >= 11 is 0. The molecule has 42 heavy (non-hydrogen) atoms. The minimum atomic E-state index is -0.977. The minimum Gasteiger partial charge on any atom is -0.507 e. The van der Waals surface area contributed by atoms with Gasteiger partial charge in [0, 0.05) is 20.0 Å². The number of Topliss-reactive ketones (excluding diaryl/α,β-unsaturated/α-hetero) is 2. The summed E-state index contributed by atoms with van der Waals surface area (Å²) in [5.74, 6) is -2.95. The van der Waals surface area contributed by atoms with Crippen LogP contribution in [-0.2, 0) is 19.2 Å². The monoisotopic (exact) mass is 576 g/mol. The molecular weight excluding hydrogens is 540 g/mol. The van der Waals surface area contributed by atoms with Crippen molar-refractivity contribution in [3.8, 4) is 0 Å². The van der Waals surface area contributed by atoms with E-state index in [-0.39, 0.29) is 23.0 Å². The number of carbonyl (C=O) groups excluding carboxylic acids is 4. The van der Waals surface area contributed by atoms with Crippen LogP contribution in [0.2, 0.25) is 0 Å². The van der Waals surface area contributed by atoms with Gasteiger partial charge in [0.1, 0.15) is 34.7 Å². The second-order valence-electron chi connectivity index (χ2n) is 9.98. The molecule has 3 rings (SSSR count). The van der Waals surface area contributed by atoms with Crippen molar-refractivity contribution >= 4 is 23.4 Å². The lowest BCUT2D eigenvalue weighted by molar-refractivity contribution is -0.126. The van der Waals surface area contributed by atoms with E-state index in [9.17, 15) is 39.6 Å². The minimum absolute atomic E-state index is 0.160. The zero-order valence-electron chi connectivity index (χ0n) is 23.5. The van der Waals surface area contributed by atoms with Crippen LogP contribution in [-0.4, -0.2) is 93.0 Å². The number of likely N-dealkylation sites (N-methyl/N-ethyl adjacent to an activating group) is 2. The molecule has 0 radical (unpaired) electrons. The van der Waals surface area contributed by atoms with Crippen LogP contribution in [0, 0.1) is 11.8 Å². The van der Waals surface area contributed by atoms with Crippen molar-refractivity contribution in [1.29, 1.82) is 0 Å². The van der Waals surface area contributed by atoms with Gasteiger partial charge in [0.05, 0.1) is 13.2 Å². The van der Waals surface area contributed by atoms with E-state index < -0.39 is 60.2 Å². The van der Waals surface area contributed by atoms with Crippen LogP contribution in [0.1, 0.15) is 12.8 Å². The van der Waals surface area contributed by atoms with Gasteiger partial charge in [-0.1, -0.05) is 72.9 Å². The zero-order valence-corrected chi connectivity index (χ0v) is 23.5. The fraction of sp³-hybridized carbons (Fsp3) is 0.312. The van der Waals surface area contributed by atoms with Crippen molar-refractivity contribution in [2.45, 2.75) is 24.9 Å². The first-order valence-electron chi connectivity index (χ1n) is 13.5. The Hall–Kier alpha value is -4.54. The summed E-state index contributed by atoms with van der Waals surface area (Å²) in [5.41, 5.74) is -0.665. The highest BCUT2D eigenvalue weighted by Gasteiger charge is 2.43. The van der Waals surface area contributed by atoms with Crippen molar-refractivity contribution in [1.82, 2.24) is 9.80 Å². The first-order valence-corrected chi connectivity index (χ1v) is 13.5. The quantitative estimate of drug-likeness (QED) is 0.102. The van der Waals surface area contributed by atoms with E-state index in [0.29, 0.717) is 0 Å². The number of aliphatic hydroxyl groups is 4.